The van der Waals surface area contributed by atoms with Gasteiger partial charge in [-0.25, -0.2) is 0 Å². The summed E-state index contributed by atoms with van der Waals surface area (Å²) in [6, 6.07) is 0.408. The fraction of sp³-hybridized carbons (Fsp3) is 0.833. The molecule has 0 aromatic carbocycles. The van der Waals surface area contributed by atoms with Crippen molar-refractivity contribution in [2.75, 3.05) is 24.7 Å². The van der Waals surface area contributed by atoms with Crippen LogP contribution in [0.25, 0.3) is 0 Å². The van der Waals surface area contributed by atoms with E-state index < -0.39 is 0 Å². The smallest absolute Gasteiger partial charge is 0.0827 e. The van der Waals surface area contributed by atoms with Crippen LogP contribution in [0.4, 0.5) is 0 Å². The zero-order valence-corrected chi connectivity index (χ0v) is 10.5. The average molecular weight is 227 g/mol. The van der Waals surface area contributed by atoms with Crippen molar-refractivity contribution in [3.05, 3.63) is 0 Å². The number of nitrogens with one attached hydrogen (secondary N) is 1. The molecule has 1 heterocycles. The van der Waals surface area contributed by atoms with Crippen LogP contribution in [0.2, 0.25) is 0 Å². The SMILES string of the molecule is CC#CCC(NCCC)C1CSCCO1. The van der Waals surface area contributed by atoms with Gasteiger partial charge < -0.3 is 10.1 Å². The summed E-state index contributed by atoms with van der Waals surface area (Å²) in [4.78, 5) is 0. The molecule has 0 radical (unpaired) electrons. The van der Waals surface area contributed by atoms with Crippen LogP contribution in [0.1, 0.15) is 26.7 Å². The Morgan fingerprint density at radius 3 is 3.07 bits per heavy atom. The number of ether oxygens (including phenoxy) is 1. The Labute approximate surface area is 97.5 Å². The molecule has 0 spiro atoms. The van der Waals surface area contributed by atoms with Crippen LogP contribution < -0.4 is 5.32 Å². The quantitative estimate of drug-likeness (QED) is 0.725. The van der Waals surface area contributed by atoms with Gasteiger partial charge in [0.1, 0.15) is 0 Å². The molecule has 1 fully saturated rings. The first-order chi connectivity index (χ1) is 7.38. The summed E-state index contributed by atoms with van der Waals surface area (Å²) >= 11 is 1.99. The fourth-order valence-corrected chi connectivity index (χ4v) is 2.56. The third-order valence-corrected chi connectivity index (χ3v) is 3.47. The Bertz CT molecular complexity index is 215. The van der Waals surface area contributed by atoms with Gasteiger partial charge in [0.05, 0.1) is 12.7 Å². The molecule has 1 aliphatic heterocycles. The normalized spacial score (nSPS) is 22.9. The average Bonchev–Trinajstić information content (AvgIpc) is 2.30. The Balaban J connectivity index is 2.39. The van der Waals surface area contributed by atoms with Gasteiger partial charge in [-0.3, -0.25) is 0 Å². The lowest BCUT2D eigenvalue weighted by atomic mass is 10.1. The Morgan fingerprint density at radius 1 is 1.60 bits per heavy atom. The van der Waals surface area contributed by atoms with Gasteiger partial charge in [-0.2, -0.15) is 11.8 Å². The maximum Gasteiger partial charge on any atom is 0.0827 e. The first kappa shape index (κ1) is 12.9. The highest BCUT2D eigenvalue weighted by atomic mass is 32.2. The molecule has 1 saturated heterocycles. The second-order valence-electron chi connectivity index (χ2n) is 3.68. The molecule has 0 bridgehead atoms. The lowest BCUT2D eigenvalue weighted by Crippen LogP contribution is -2.44. The van der Waals surface area contributed by atoms with E-state index in [1.54, 1.807) is 0 Å². The summed E-state index contributed by atoms with van der Waals surface area (Å²) in [6.45, 7) is 6.03. The van der Waals surface area contributed by atoms with Crippen LogP contribution in [0.15, 0.2) is 0 Å². The molecule has 1 rings (SSSR count). The topological polar surface area (TPSA) is 21.3 Å². The van der Waals surface area contributed by atoms with Crippen molar-refractivity contribution < 1.29 is 4.74 Å². The molecule has 2 unspecified atom stereocenters. The van der Waals surface area contributed by atoms with E-state index in [-0.39, 0.29) is 0 Å². The van der Waals surface area contributed by atoms with Gasteiger partial charge in [0.15, 0.2) is 0 Å². The van der Waals surface area contributed by atoms with Gasteiger partial charge in [-0.1, -0.05) is 6.92 Å². The number of rotatable bonds is 5. The minimum Gasteiger partial charge on any atom is -0.375 e. The summed E-state index contributed by atoms with van der Waals surface area (Å²) in [5.74, 6) is 8.35. The highest BCUT2D eigenvalue weighted by Gasteiger charge is 2.23. The molecular formula is C12H21NOS. The van der Waals surface area contributed by atoms with E-state index in [9.17, 15) is 0 Å². The highest BCUT2D eigenvalue weighted by molar-refractivity contribution is 7.99. The van der Waals surface area contributed by atoms with Gasteiger partial charge in [0.2, 0.25) is 0 Å². The van der Waals surface area contributed by atoms with Gasteiger partial charge >= 0.3 is 0 Å². The summed E-state index contributed by atoms with van der Waals surface area (Å²) in [7, 11) is 0. The molecule has 1 aliphatic rings. The number of hydrogen-bond donors (Lipinski definition) is 1. The number of hydrogen-bond acceptors (Lipinski definition) is 3. The lowest BCUT2D eigenvalue weighted by Gasteiger charge is -2.29. The monoisotopic (exact) mass is 227 g/mol. The third kappa shape index (κ3) is 4.92. The van der Waals surface area contributed by atoms with Crippen molar-refractivity contribution in [3.8, 4) is 11.8 Å². The molecular weight excluding hydrogens is 206 g/mol. The zero-order valence-electron chi connectivity index (χ0n) is 9.71. The summed E-state index contributed by atoms with van der Waals surface area (Å²) in [6.07, 6.45) is 2.41. The minimum atomic E-state index is 0.344. The summed E-state index contributed by atoms with van der Waals surface area (Å²) < 4.78 is 5.78. The Hall–Kier alpha value is -0.170. The number of thioether (sulfide) groups is 1. The molecule has 3 heteroatoms. The molecule has 0 saturated carbocycles. The third-order valence-electron chi connectivity index (χ3n) is 2.45. The van der Waals surface area contributed by atoms with Crippen molar-refractivity contribution in [2.45, 2.75) is 38.8 Å². The van der Waals surface area contributed by atoms with Gasteiger partial charge in [0.25, 0.3) is 0 Å². The van der Waals surface area contributed by atoms with E-state index >= 15 is 0 Å². The molecule has 0 amide bonds. The molecule has 1 N–H and O–H groups in total. The minimum absolute atomic E-state index is 0.344. The maximum absolute atomic E-state index is 5.78. The van der Waals surface area contributed by atoms with Crippen LogP contribution in [0.5, 0.6) is 0 Å². The van der Waals surface area contributed by atoms with E-state index in [4.69, 9.17) is 4.74 Å². The first-order valence-corrected chi connectivity index (χ1v) is 6.86. The lowest BCUT2D eigenvalue weighted by molar-refractivity contribution is 0.0484. The molecule has 15 heavy (non-hydrogen) atoms. The predicted octanol–water partition coefficient (Wildman–Crippen LogP) is 1.90. The largest absolute Gasteiger partial charge is 0.375 e. The Morgan fingerprint density at radius 2 is 2.47 bits per heavy atom. The second kappa shape index (κ2) is 8.04. The van der Waals surface area contributed by atoms with Crippen molar-refractivity contribution in [1.82, 2.24) is 5.32 Å². The van der Waals surface area contributed by atoms with Crippen molar-refractivity contribution in [3.63, 3.8) is 0 Å². The van der Waals surface area contributed by atoms with E-state index in [0.717, 1.165) is 37.5 Å². The van der Waals surface area contributed by atoms with Crippen LogP contribution in [-0.4, -0.2) is 36.8 Å². The van der Waals surface area contributed by atoms with E-state index in [1.807, 2.05) is 18.7 Å². The molecule has 0 aromatic heterocycles. The van der Waals surface area contributed by atoms with Crippen molar-refractivity contribution in [1.29, 1.82) is 0 Å². The standard InChI is InChI=1S/C12H21NOS/c1-3-5-6-11(13-7-4-2)12-10-15-9-8-14-12/h11-13H,4,6-10H2,1-2H3. The molecule has 86 valence electrons. The second-order valence-corrected chi connectivity index (χ2v) is 4.83. The van der Waals surface area contributed by atoms with E-state index in [1.165, 1.54) is 0 Å². The van der Waals surface area contributed by atoms with Gasteiger partial charge in [-0.15, -0.1) is 11.8 Å². The zero-order chi connectivity index (χ0) is 10.9. The molecule has 2 atom stereocenters. The van der Waals surface area contributed by atoms with Gasteiger partial charge in [-0.05, 0) is 19.9 Å². The molecule has 0 aromatic rings. The van der Waals surface area contributed by atoms with Crippen molar-refractivity contribution in [2.24, 2.45) is 0 Å². The van der Waals surface area contributed by atoms with E-state index in [0.29, 0.717) is 12.1 Å². The van der Waals surface area contributed by atoms with Crippen LogP contribution >= 0.6 is 11.8 Å². The predicted molar refractivity (Wildman–Crippen MR) is 67.2 cm³/mol. The van der Waals surface area contributed by atoms with Crippen LogP contribution in [0, 0.1) is 11.8 Å². The Kier molecular flexibility index (Phi) is 6.91. The van der Waals surface area contributed by atoms with Gasteiger partial charge in [0, 0.05) is 24.0 Å². The van der Waals surface area contributed by atoms with Crippen LogP contribution in [-0.2, 0) is 4.74 Å². The van der Waals surface area contributed by atoms with Crippen LogP contribution in [0.3, 0.4) is 0 Å². The molecule has 2 nitrogen and oxygen atoms in total. The molecule has 0 aliphatic carbocycles. The van der Waals surface area contributed by atoms with Crippen molar-refractivity contribution >= 4 is 11.8 Å². The van der Waals surface area contributed by atoms with E-state index in [2.05, 4.69) is 24.1 Å². The highest BCUT2D eigenvalue weighted by Crippen LogP contribution is 2.17. The summed E-state index contributed by atoms with van der Waals surface area (Å²) in [5, 5.41) is 3.53. The summed E-state index contributed by atoms with van der Waals surface area (Å²) in [5.41, 5.74) is 0. The fourth-order valence-electron chi connectivity index (χ4n) is 1.62. The first-order valence-electron chi connectivity index (χ1n) is 5.70. The maximum atomic E-state index is 5.78.